The van der Waals surface area contributed by atoms with Gasteiger partial charge in [-0.25, -0.2) is 0 Å². The van der Waals surface area contributed by atoms with Crippen LogP contribution in [0.5, 0.6) is 5.75 Å². The van der Waals surface area contributed by atoms with Gasteiger partial charge in [-0.1, -0.05) is 12.1 Å². The summed E-state index contributed by atoms with van der Waals surface area (Å²) in [5, 5.41) is 9.33. The second-order valence-electron chi connectivity index (χ2n) is 5.10. The number of rotatable bonds is 4. The summed E-state index contributed by atoms with van der Waals surface area (Å²) in [5.74, 6) is 0.984. The molecule has 1 fully saturated rings. The zero-order chi connectivity index (χ0) is 11.8. The van der Waals surface area contributed by atoms with E-state index in [0.29, 0.717) is 6.61 Å². The molecule has 0 spiro atoms. The number of hydrogen-bond acceptors (Lipinski definition) is 2. The van der Waals surface area contributed by atoms with Crippen molar-refractivity contribution in [3.63, 3.8) is 0 Å². The molecule has 0 bridgehead atoms. The third-order valence-electron chi connectivity index (χ3n) is 3.60. The van der Waals surface area contributed by atoms with Crippen LogP contribution in [-0.4, -0.2) is 18.8 Å². The molecule has 1 N–H and O–H groups in total. The van der Waals surface area contributed by atoms with Crippen LogP contribution in [0, 0.1) is 19.3 Å². The van der Waals surface area contributed by atoms with Crippen LogP contribution >= 0.6 is 0 Å². The van der Waals surface area contributed by atoms with Crippen molar-refractivity contribution in [1.82, 2.24) is 0 Å². The van der Waals surface area contributed by atoms with Crippen LogP contribution < -0.4 is 4.74 Å². The standard InChI is InChI=1S/C14H20O2/c1-10-6-12(7-11(2)13(10)16-3)8-14(9-15)4-5-14/h6-7,15H,4-5,8-9H2,1-3H3. The number of benzene rings is 1. The van der Waals surface area contributed by atoms with Crippen molar-refractivity contribution in [3.05, 3.63) is 28.8 Å². The Kier molecular flexibility index (Phi) is 2.94. The van der Waals surface area contributed by atoms with E-state index in [4.69, 9.17) is 4.74 Å². The van der Waals surface area contributed by atoms with Crippen molar-refractivity contribution in [3.8, 4) is 5.75 Å². The topological polar surface area (TPSA) is 29.5 Å². The minimum atomic E-state index is 0.188. The maximum atomic E-state index is 9.33. The molecule has 88 valence electrons. The van der Waals surface area contributed by atoms with Crippen molar-refractivity contribution in [2.75, 3.05) is 13.7 Å². The van der Waals surface area contributed by atoms with E-state index in [0.717, 1.165) is 25.0 Å². The third kappa shape index (κ3) is 2.07. The highest BCUT2D eigenvalue weighted by Crippen LogP contribution is 2.48. The summed E-state index contributed by atoms with van der Waals surface area (Å²) in [6.45, 7) is 4.47. The van der Waals surface area contributed by atoms with Gasteiger partial charge in [0.1, 0.15) is 5.75 Å². The maximum Gasteiger partial charge on any atom is 0.124 e. The van der Waals surface area contributed by atoms with Crippen LogP contribution in [-0.2, 0) is 6.42 Å². The van der Waals surface area contributed by atoms with Crippen LogP contribution in [0.1, 0.15) is 29.5 Å². The highest BCUT2D eigenvalue weighted by atomic mass is 16.5. The van der Waals surface area contributed by atoms with Gasteiger partial charge < -0.3 is 9.84 Å². The Morgan fingerprint density at radius 2 is 1.81 bits per heavy atom. The second kappa shape index (κ2) is 4.10. The number of methoxy groups -OCH3 is 1. The Bertz CT molecular complexity index is 369. The molecule has 0 heterocycles. The van der Waals surface area contributed by atoms with Crippen molar-refractivity contribution in [1.29, 1.82) is 0 Å². The molecule has 0 aliphatic heterocycles. The average molecular weight is 220 g/mol. The van der Waals surface area contributed by atoms with Gasteiger partial charge >= 0.3 is 0 Å². The first-order valence-electron chi connectivity index (χ1n) is 5.85. The predicted molar refractivity (Wildman–Crippen MR) is 64.9 cm³/mol. The smallest absolute Gasteiger partial charge is 0.124 e. The molecule has 0 aromatic heterocycles. The van der Waals surface area contributed by atoms with Gasteiger partial charge in [-0.05, 0) is 55.2 Å². The third-order valence-corrected chi connectivity index (χ3v) is 3.60. The Labute approximate surface area is 97.3 Å². The summed E-state index contributed by atoms with van der Waals surface area (Å²) >= 11 is 0. The Hall–Kier alpha value is -1.02. The van der Waals surface area contributed by atoms with Crippen molar-refractivity contribution in [2.24, 2.45) is 5.41 Å². The lowest BCUT2D eigenvalue weighted by Crippen LogP contribution is -2.10. The molecule has 16 heavy (non-hydrogen) atoms. The number of aliphatic hydroxyl groups excluding tert-OH is 1. The van der Waals surface area contributed by atoms with E-state index in [1.807, 2.05) is 0 Å². The van der Waals surface area contributed by atoms with Crippen molar-refractivity contribution in [2.45, 2.75) is 33.1 Å². The molecule has 0 unspecified atom stereocenters. The molecule has 1 aromatic carbocycles. The van der Waals surface area contributed by atoms with Crippen LogP contribution in [0.4, 0.5) is 0 Å². The molecule has 0 radical (unpaired) electrons. The fourth-order valence-electron chi connectivity index (χ4n) is 2.46. The lowest BCUT2D eigenvalue weighted by Gasteiger charge is -2.15. The summed E-state index contributed by atoms with van der Waals surface area (Å²) in [7, 11) is 1.71. The summed E-state index contributed by atoms with van der Waals surface area (Å²) in [6, 6.07) is 4.36. The monoisotopic (exact) mass is 220 g/mol. The van der Waals surface area contributed by atoms with E-state index >= 15 is 0 Å². The van der Waals surface area contributed by atoms with E-state index in [-0.39, 0.29) is 5.41 Å². The second-order valence-corrected chi connectivity index (χ2v) is 5.10. The van der Waals surface area contributed by atoms with Crippen LogP contribution in [0.25, 0.3) is 0 Å². The van der Waals surface area contributed by atoms with E-state index in [1.165, 1.54) is 16.7 Å². The fraction of sp³-hybridized carbons (Fsp3) is 0.571. The molecule has 2 heteroatoms. The van der Waals surface area contributed by atoms with Gasteiger partial charge in [-0.15, -0.1) is 0 Å². The Morgan fingerprint density at radius 3 is 2.19 bits per heavy atom. The first-order valence-corrected chi connectivity index (χ1v) is 5.85. The van der Waals surface area contributed by atoms with Gasteiger partial charge in [0, 0.05) is 6.61 Å². The number of ether oxygens (including phenoxy) is 1. The molecule has 1 aliphatic rings. The largest absolute Gasteiger partial charge is 0.496 e. The molecule has 2 nitrogen and oxygen atoms in total. The van der Waals surface area contributed by atoms with Crippen LogP contribution in [0.3, 0.4) is 0 Å². The lowest BCUT2D eigenvalue weighted by molar-refractivity contribution is 0.211. The molecule has 1 aliphatic carbocycles. The lowest BCUT2D eigenvalue weighted by atomic mass is 9.94. The number of aliphatic hydroxyl groups is 1. The first-order chi connectivity index (χ1) is 7.60. The normalized spacial score (nSPS) is 17.2. The molecule has 0 atom stereocenters. The number of hydrogen-bond donors (Lipinski definition) is 1. The number of aryl methyl sites for hydroxylation is 2. The van der Waals surface area contributed by atoms with Gasteiger partial charge in [0.25, 0.3) is 0 Å². The fourth-order valence-corrected chi connectivity index (χ4v) is 2.46. The van der Waals surface area contributed by atoms with Gasteiger partial charge in [0.05, 0.1) is 7.11 Å². The van der Waals surface area contributed by atoms with Crippen molar-refractivity contribution < 1.29 is 9.84 Å². The Morgan fingerprint density at radius 1 is 1.25 bits per heavy atom. The zero-order valence-electron chi connectivity index (χ0n) is 10.3. The summed E-state index contributed by atoms with van der Waals surface area (Å²) in [4.78, 5) is 0. The highest BCUT2D eigenvalue weighted by molar-refractivity contribution is 5.43. The van der Waals surface area contributed by atoms with Gasteiger partial charge in [-0.2, -0.15) is 0 Å². The van der Waals surface area contributed by atoms with Gasteiger partial charge in [0.15, 0.2) is 0 Å². The van der Waals surface area contributed by atoms with Gasteiger partial charge in [-0.3, -0.25) is 0 Å². The van der Waals surface area contributed by atoms with Crippen LogP contribution in [0.2, 0.25) is 0 Å². The highest BCUT2D eigenvalue weighted by Gasteiger charge is 2.41. The molecule has 1 saturated carbocycles. The van der Waals surface area contributed by atoms with E-state index < -0.39 is 0 Å². The molecular formula is C14H20O2. The minimum absolute atomic E-state index is 0.188. The SMILES string of the molecule is COc1c(C)cc(CC2(CO)CC2)cc1C. The summed E-state index contributed by atoms with van der Waals surface area (Å²) < 4.78 is 5.35. The van der Waals surface area contributed by atoms with Crippen molar-refractivity contribution >= 4 is 0 Å². The molecule has 0 saturated heterocycles. The molecule has 0 amide bonds. The molecular weight excluding hydrogens is 200 g/mol. The van der Waals surface area contributed by atoms with E-state index in [2.05, 4.69) is 26.0 Å². The van der Waals surface area contributed by atoms with Gasteiger partial charge in [0.2, 0.25) is 0 Å². The predicted octanol–water partition coefficient (Wildman–Crippen LogP) is 2.63. The van der Waals surface area contributed by atoms with E-state index in [1.54, 1.807) is 7.11 Å². The molecule has 2 rings (SSSR count). The van der Waals surface area contributed by atoms with E-state index in [9.17, 15) is 5.11 Å². The summed E-state index contributed by atoms with van der Waals surface area (Å²) in [6.07, 6.45) is 3.32. The first kappa shape index (κ1) is 11.5. The molecule has 1 aromatic rings. The van der Waals surface area contributed by atoms with Crippen LogP contribution in [0.15, 0.2) is 12.1 Å². The quantitative estimate of drug-likeness (QED) is 0.845. The summed E-state index contributed by atoms with van der Waals surface area (Å²) in [5.41, 5.74) is 3.88. The maximum absolute atomic E-state index is 9.33. The minimum Gasteiger partial charge on any atom is -0.496 e. The average Bonchev–Trinajstić information content (AvgIpc) is 2.98. The Balaban J connectivity index is 2.23. The zero-order valence-corrected chi connectivity index (χ0v) is 10.3.